The number of hydrogen-bond acceptors (Lipinski definition) is 3. The molecule has 4 heteroatoms. The first-order chi connectivity index (χ1) is 8.25. The van der Waals surface area contributed by atoms with Crippen molar-refractivity contribution in [2.75, 3.05) is 5.06 Å². The summed E-state index contributed by atoms with van der Waals surface area (Å²) in [6, 6.07) is 6.75. The number of anilines is 1. The summed E-state index contributed by atoms with van der Waals surface area (Å²) in [6.07, 6.45) is 3.95. The highest BCUT2D eigenvalue weighted by Crippen LogP contribution is 2.39. The van der Waals surface area contributed by atoms with Gasteiger partial charge in [-0.1, -0.05) is 18.6 Å². The largest absolute Gasteiger partial charge is 0.506 e. The van der Waals surface area contributed by atoms with E-state index in [0.717, 1.165) is 12.8 Å². The summed E-state index contributed by atoms with van der Waals surface area (Å²) in [5.41, 5.74) is 0.444. The van der Waals surface area contributed by atoms with Gasteiger partial charge in [0.1, 0.15) is 11.4 Å². The Balaban J connectivity index is 1.80. The van der Waals surface area contributed by atoms with Gasteiger partial charge in [-0.25, -0.2) is 0 Å². The van der Waals surface area contributed by atoms with E-state index >= 15 is 0 Å². The number of carbonyl (C=O) groups excluding carboxylic acids is 1. The Kier molecular flexibility index (Phi) is 2.52. The molecule has 2 aliphatic rings. The lowest BCUT2D eigenvalue weighted by Gasteiger charge is -2.30. The van der Waals surface area contributed by atoms with Crippen LogP contribution in [0.25, 0.3) is 0 Å². The van der Waals surface area contributed by atoms with Crippen LogP contribution >= 0.6 is 0 Å². The minimum absolute atomic E-state index is 0.00384. The molecule has 1 aliphatic heterocycles. The number of phenolic OH excluding ortho intramolecular Hbond substituents is 1. The van der Waals surface area contributed by atoms with Crippen molar-refractivity contribution in [1.82, 2.24) is 0 Å². The smallest absolute Gasteiger partial charge is 0.253 e. The Hall–Kier alpha value is -1.55. The minimum Gasteiger partial charge on any atom is -0.506 e. The molecule has 0 spiro atoms. The minimum atomic E-state index is -0.0663. The average molecular weight is 233 g/mol. The molecule has 1 aromatic rings. The van der Waals surface area contributed by atoms with E-state index in [2.05, 4.69) is 0 Å². The zero-order valence-electron chi connectivity index (χ0n) is 9.50. The van der Waals surface area contributed by atoms with E-state index in [4.69, 9.17) is 4.84 Å². The van der Waals surface area contributed by atoms with Crippen LogP contribution in [-0.4, -0.2) is 17.1 Å². The van der Waals surface area contributed by atoms with Gasteiger partial charge in [0.2, 0.25) is 0 Å². The van der Waals surface area contributed by atoms with Gasteiger partial charge in [-0.2, -0.15) is 5.06 Å². The average Bonchev–Trinajstić information content (AvgIpc) is 2.58. The Labute approximate surface area is 99.8 Å². The molecule has 1 saturated carbocycles. The predicted molar refractivity (Wildman–Crippen MR) is 62.4 cm³/mol. The van der Waals surface area contributed by atoms with E-state index in [-0.39, 0.29) is 17.8 Å². The molecule has 2 fully saturated rings. The molecule has 1 amide bonds. The zero-order chi connectivity index (χ0) is 11.8. The van der Waals surface area contributed by atoms with E-state index in [1.54, 1.807) is 24.3 Å². The molecule has 0 radical (unpaired) electrons. The van der Waals surface area contributed by atoms with Crippen LogP contribution in [0.15, 0.2) is 24.3 Å². The third-order valence-electron chi connectivity index (χ3n) is 3.62. The van der Waals surface area contributed by atoms with Gasteiger partial charge in [-0.05, 0) is 30.9 Å². The molecule has 1 aromatic carbocycles. The summed E-state index contributed by atoms with van der Waals surface area (Å²) >= 11 is 0. The number of carbonyl (C=O) groups is 1. The van der Waals surface area contributed by atoms with Crippen molar-refractivity contribution < 1.29 is 14.7 Å². The van der Waals surface area contributed by atoms with Crippen LogP contribution < -0.4 is 5.06 Å². The van der Waals surface area contributed by atoms with Gasteiger partial charge >= 0.3 is 0 Å². The number of phenols is 1. The van der Waals surface area contributed by atoms with Crippen LogP contribution in [-0.2, 0) is 9.63 Å². The van der Waals surface area contributed by atoms with E-state index < -0.39 is 0 Å². The van der Waals surface area contributed by atoms with Crippen molar-refractivity contribution in [2.45, 2.75) is 31.8 Å². The lowest BCUT2D eigenvalue weighted by Crippen LogP contribution is -2.28. The van der Waals surface area contributed by atoms with Crippen molar-refractivity contribution in [2.24, 2.45) is 5.92 Å². The van der Waals surface area contributed by atoms with Crippen molar-refractivity contribution >= 4 is 11.6 Å². The molecule has 4 nitrogen and oxygen atoms in total. The molecule has 1 heterocycles. The number of para-hydroxylation sites is 2. The fraction of sp³-hybridized carbons (Fsp3) is 0.462. The quantitative estimate of drug-likeness (QED) is 0.852. The second kappa shape index (κ2) is 4.04. The Morgan fingerprint density at radius 2 is 2.06 bits per heavy atom. The van der Waals surface area contributed by atoms with Gasteiger partial charge in [0.05, 0.1) is 12.5 Å². The van der Waals surface area contributed by atoms with Crippen LogP contribution in [0.2, 0.25) is 0 Å². The Morgan fingerprint density at radius 3 is 2.71 bits per heavy atom. The van der Waals surface area contributed by atoms with Gasteiger partial charge in [-0.15, -0.1) is 0 Å². The fourth-order valence-corrected chi connectivity index (χ4v) is 2.38. The third-order valence-corrected chi connectivity index (χ3v) is 3.62. The summed E-state index contributed by atoms with van der Waals surface area (Å²) < 4.78 is 0. The van der Waals surface area contributed by atoms with Gasteiger partial charge in [0.15, 0.2) is 0 Å². The number of rotatable bonds is 2. The topological polar surface area (TPSA) is 49.8 Å². The highest BCUT2D eigenvalue weighted by molar-refractivity contribution is 5.94. The highest BCUT2D eigenvalue weighted by Gasteiger charge is 2.40. The van der Waals surface area contributed by atoms with Gasteiger partial charge < -0.3 is 5.11 Å². The summed E-state index contributed by atoms with van der Waals surface area (Å²) in [7, 11) is 0. The first kappa shape index (κ1) is 10.6. The number of hydrogen-bond donors (Lipinski definition) is 1. The molecule has 1 N–H and O–H groups in total. The molecular formula is C13H15NO3. The molecule has 90 valence electrons. The van der Waals surface area contributed by atoms with E-state index in [1.807, 2.05) is 0 Å². The third kappa shape index (κ3) is 1.78. The van der Waals surface area contributed by atoms with Gasteiger partial charge in [0, 0.05) is 0 Å². The molecule has 1 aliphatic carbocycles. The molecule has 3 rings (SSSR count). The van der Waals surface area contributed by atoms with Crippen molar-refractivity contribution in [1.29, 1.82) is 0 Å². The van der Waals surface area contributed by atoms with Crippen LogP contribution in [0.3, 0.4) is 0 Å². The van der Waals surface area contributed by atoms with E-state index in [9.17, 15) is 9.90 Å². The number of benzene rings is 1. The van der Waals surface area contributed by atoms with E-state index in [1.165, 1.54) is 11.5 Å². The predicted octanol–water partition coefficient (Wildman–Crippen LogP) is 2.23. The molecule has 0 bridgehead atoms. The lowest BCUT2D eigenvalue weighted by atomic mass is 9.80. The molecule has 0 aromatic heterocycles. The van der Waals surface area contributed by atoms with Crippen LogP contribution in [0.1, 0.15) is 25.7 Å². The number of nitrogens with zero attached hydrogens (tertiary/aromatic N) is 1. The molecule has 1 unspecified atom stereocenters. The van der Waals surface area contributed by atoms with Crippen molar-refractivity contribution in [3.8, 4) is 5.75 Å². The van der Waals surface area contributed by atoms with Crippen LogP contribution in [0.4, 0.5) is 5.69 Å². The number of aromatic hydroxyl groups is 1. The zero-order valence-corrected chi connectivity index (χ0v) is 9.50. The first-order valence-corrected chi connectivity index (χ1v) is 6.03. The molecule has 17 heavy (non-hydrogen) atoms. The van der Waals surface area contributed by atoms with Crippen molar-refractivity contribution in [3.05, 3.63) is 24.3 Å². The number of amides is 1. The van der Waals surface area contributed by atoms with Crippen LogP contribution in [0.5, 0.6) is 5.75 Å². The lowest BCUT2D eigenvalue weighted by molar-refractivity contribution is -0.119. The summed E-state index contributed by atoms with van der Waals surface area (Å²) in [4.78, 5) is 17.5. The van der Waals surface area contributed by atoms with E-state index in [0.29, 0.717) is 18.0 Å². The summed E-state index contributed by atoms with van der Waals surface area (Å²) in [6.45, 7) is 0. The Morgan fingerprint density at radius 1 is 1.29 bits per heavy atom. The summed E-state index contributed by atoms with van der Waals surface area (Å²) in [5, 5.41) is 11.0. The summed E-state index contributed by atoms with van der Waals surface area (Å²) in [5.74, 6) is 0.522. The highest BCUT2D eigenvalue weighted by atomic mass is 16.7. The van der Waals surface area contributed by atoms with Gasteiger partial charge in [-0.3, -0.25) is 9.63 Å². The normalized spacial score (nSPS) is 25.1. The second-order valence-corrected chi connectivity index (χ2v) is 4.72. The first-order valence-electron chi connectivity index (χ1n) is 6.03. The Bertz CT molecular complexity index is 442. The van der Waals surface area contributed by atoms with Gasteiger partial charge in [0.25, 0.3) is 5.91 Å². The standard InChI is InChI=1S/C13H15NO3/c15-11-7-2-1-6-10(11)14-13(16)8-12(17-14)9-4-3-5-9/h1-2,6-7,9,12,15H,3-5,8H2. The monoisotopic (exact) mass is 233 g/mol. The van der Waals surface area contributed by atoms with Crippen LogP contribution in [0, 0.1) is 5.92 Å². The second-order valence-electron chi connectivity index (χ2n) is 4.72. The SMILES string of the molecule is O=C1CC(C2CCC2)ON1c1ccccc1O. The fourth-order valence-electron chi connectivity index (χ4n) is 2.38. The van der Waals surface area contributed by atoms with Crippen molar-refractivity contribution in [3.63, 3.8) is 0 Å². The molecule has 1 atom stereocenters. The maximum absolute atomic E-state index is 11.9. The maximum atomic E-state index is 11.9. The molecular weight excluding hydrogens is 218 g/mol. The molecule has 1 saturated heterocycles. The maximum Gasteiger partial charge on any atom is 0.253 e. The number of hydroxylamine groups is 1.